The van der Waals surface area contributed by atoms with Crippen LogP contribution in [0.5, 0.6) is 0 Å². The molecular weight excluding hydrogens is 178 g/mol. The first-order valence-corrected chi connectivity index (χ1v) is 5.31. The fourth-order valence-electron chi connectivity index (χ4n) is 1.66. The largest absolute Gasteiger partial charge is 0.355 e. The van der Waals surface area contributed by atoms with E-state index >= 15 is 0 Å². The molecule has 14 heavy (non-hydrogen) atoms. The highest BCUT2D eigenvalue weighted by atomic mass is 16.1. The topological polar surface area (TPSA) is 44.4 Å². The lowest BCUT2D eigenvalue weighted by Gasteiger charge is -2.28. The number of likely N-dealkylation sites (N-methyl/N-ethyl adjacent to an activating group) is 1. The van der Waals surface area contributed by atoms with Gasteiger partial charge in [-0.25, -0.2) is 0 Å². The lowest BCUT2D eigenvalue weighted by molar-refractivity contribution is -0.120. The lowest BCUT2D eigenvalue weighted by Crippen LogP contribution is -2.44. The Morgan fingerprint density at radius 1 is 1.71 bits per heavy atom. The van der Waals surface area contributed by atoms with Crippen LogP contribution in [0.4, 0.5) is 0 Å². The molecule has 0 spiro atoms. The highest BCUT2D eigenvalue weighted by molar-refractivity contribution is 5.76. The first-order valence-electron chi connectivity index (χ1n) is 5.31. The number of nitrogens with zero attached hydrogens (tertiary/aromatic N) is 1. The Morgan fingerprint density at radius 3 is 3.07 bits per heavy atom. The lowest BCUT2D eigenvalue weighted by atomic mass is 10.2. The molecule has 0 saturated carbocycles. The van der Waals surface area contributed by atoms with Gasteiger partial charge in [0.2, 0.25) is 5.91 Å². The molecule has 1 rings (SSSR count). The zero-order valence-corrected chi connectivity index (χ0v) is 9.34. The standard InChI is InChI=1S/C10H21N3O/c1-8(11-3)7-13-5-4-10(14)12-6-9(13)2/h8-9,11H,4-7H2,1-3H3,(H,12,14). The van der Waals surface area contributed by atoms with E-state index in [4.69, 9.17) is 0 Å². The van der Waals surface area contributed by atoms with Crippen molar-refractivity contribution in [1.82, 2.24) is 15.5 Å². The zero-order chi connectivity index (χ0) is 10.6. The van der Waals surface area contributed by atoms with Crippen molar-refractivity contribution in [2.45, 2.75) is 32.4 Å². The van der Waals surface area contributed by atoms with Gasteiger partial charge in [-0.05, 0) is 20.9 Å². The minimum atomic E-state index is 0.177. The predicted molar refractivity (Wildman–Crippen MR) is 57.2 cm³/mol. The zero-order valence-electron chi connectivity index (χ0n) is 9.34. The van der Waals surface area contributed by atoms with E-state index in [2.05, 4.69) is 29.4 Å². The second-order valence-electron chi connectivity index (χ2n) is 4.09. The molecule has 0 aromatic heterocycles. The van der Waals surface area contributed by atoms with Crippen LogP contribution in [0.1, 0.15) is 20.3 Å². The second-order valence-corrected chi connectivity index (χ2v) is 4.09. The normalized spacial score (nSPS) is 26.8. The van der Waals surface area contributed by atoms with Gasteiger partial charge in [0.05, 0.1) is 0 Å². The summed E-state index contributed by atoms with van der Waals surface area (Å²) >= 11 is 0. The van der Waals surface area contributed by atoms with Gasteiger partial charge in [0.25, 0.3) is 0 Å². The first kappa shape index (κ1) is 11.5. The summed E-state index contributed by atoms with van der Waals surface area (Å²) in [7, 11) is 1.97. The van der Waals surface area contributed by atoms with Crippen LogP contribution in [0.25, 0.3) is 0 Å². The summed E-state index contributed by atoms with van der Waals surface area (Å²) in [6.07, 6.45) is 0.626. The van der Waals surface area contributed by atoms with Crippen LogP contribution in [-0.4, -0.2) is 49.6 Å². The smallest absolute Gasteiger partial charge is 0.221 e. The summed E-state index contributed by atoms with van der Waals surface area (Å²) in [6.45, 7) is 6.97. The minimum absolute atomic E-state index is 0.177. The monoisotopic (exact) mass is 199 g/mol. The molecule has 0 aromatic carbocycles. The van der Waals surface area contributed by atoms with E-state index in [1.807, 2.05) is 7.05 Å². The number of hydrogen-bond acceptors (Lipinski definition) is 3. The van der Waals surface area contributed by atoms with Crippen LogP contribution < -0.4 is 10.6 Å². The summed E-state index contributed by atoms with van der Waals surface area (Å²) in [4.78, 5) is 13.5. The van der Waals surface area contributed by atoms with E-state index in [0.29, 0.717) is 18.5 Å². The number of hydrogen-bond donors (Lipinski definition) is 2. The van der Waals surface area contributed by atoms with E-state index in [0.717, 1.165) is 19.6 Å². The molecule has 0 aliphatic carbocycles. The molecule has 82 valence electrons. The van der Waals surface area contributed by atoms with E-state index in [1.54, 1.807) is 0 Å². The van der Waals surface area contributed by atoms with Crippen LogP contribution in [0, 0.1) is 0 Å². The van der Waals surface area contributed by atoms with Crippen molar-refractivity contribution in [3.8, 4) is 0 Å². The van der Waals surface area contributed by atoms with Crippen molar-refractivity contribution >= 4 is 5.91 Å². The predicted octanol–water partition coefficient (Wildman–Crippen LogP) is -0.195. The third kappa shape index (κ3) is 3.27. The second kappa shape index (κ2) is 5.32. The third-order valence-corrected chi connectivity index (χ3v) is 2.85. The highest BCUT2D eigenvalue weighted by Gasteiger charge is 2.20. The Labute approximate surface area is 86.0 Å². The fourth-order valence-corrected chi connectivity index (χ4v) is 1.66. The van der Waals surface area contributed by atoms with E-state index in [-0.39, 0.29) is 5.91 Å². The third-order valence-electron chi connectivity index (χ3n) is 2.85. The maximum Gasteiger partial charge on any atom is 0.221 e. The number of amides is 1. The van der Waals surface area contributed by atoms with Crippen molar-refractivity contribution in [3.05, 3.63) is 0 Å². The van der Waals surface area contributed by atoms with Gasteiger partial charge in [-0.2, -0.15) is 0 Å². The summed E-state index contributed by atoms with van der Waals surface area (Å²) in [5.41, 5.74) is 0. The summed E-state index contributed by atoms with van der Waals surface area (Å²) in [5.74, 6) is 0.177. The fraction of sp³-hybridized carbons (Fsp3) is 0.900. The van der Waals surface area contributed by atoms with Gasteiger partial charge in [-0.3, -0.25) is 9.69 Å². The molecule has 0 bridgehead atoms. The summed E-state index contributed by atoms with van der Waals surface area (Å²) in [5, 5.41) is 6.13. The molecule has 1 fully saturated rings. The minimum Gasteiger partial charge on any atom is -0.355 e. The Morgan fingerprint density at radius 2 is 2.43 bits per heavy atom. The highest BCUT2D eigenvalue weighted by Crippen LogP contribution is 2.05. The van der Waals surface area contributed by atoms with Crippen LogP contribution in [-0.2, 0) is 4.79 Å². The van der Waals surface area contributed by atoms with Gasteiger partial charge in [0.15, 0.2) is 0 Å². The molecular formula is C10H21N3O. The summed E-state index contributed by atoms with van der Waals surface area (Å²) < 4.78 is 0. The van der Waals surface area contributed by atoms with E-state index in [9.17, 15) is 4.79 Å². The van der Waals surface area contributed by atoms with Crippen LogP contribution in [0.2, 0.25) is 0 Å². The van der Waals surface area contributed by atoms with Gasteiger partial charge in [0, 0.05) is 38.1 Å². The van der Waals surface area contributed by atoms with Crippen LogP contribution in [0.15, 0.2) is 0 Å². The number of nitrogens with one attached hydrogen (secondary N) is 2. The molecule has 0 aromatic rings. The van der Waals surface area contributed by atoms with Crippen molar-refractivity contribution in [2.24, 2.45) is 0 Å². The SMILES string of the molecule is CNC(C)CN1CCC(=O)NCC1C. The van der Waals surface area contributed by atoms with Gasteiger partial charge >= 0.3 is 0 Å². The van der Waals surface area contributed by atoms with Crippen molar-refractivity contribution in [1.29, 1.82) is 0 Å². The Kier molecular flexibility index (Phi) is 4.35. The van der Waals surface area contributed by atoms with Gasteiger partial charge in [-0.15, -0.1) is 0 Å². The molecule has 1 saturated heterocycles. The molecule has 0 radical (unpaired) electrons. The van der Waals surface area contributed by atoms with Crippen molar-refractivity contribution in [2.75, 3.05) is 26.7 Å². The molecule has 2 unspecified atom stereocenters. The van der Waals surface area contributed by atoms with Gasteiger partial charge in [-0.1, -0.05) is 0 Å². The Balaban J connectivity index is 2.45. The van der Waals surface area contributed by atoms with Gasteiger partial charge < -0.3 is 10.6 Å². The molecule has 4 heteroatoms. The molecule has 4 nitrogen and oxygen atoms in total. The first-order chi connectivity index (χ1) is 6.63. The number of carbonyl (C=O) groups is 1. The molecule has 2 N–H and O–H groups in total. The van der Waals surface area contributed by atoms with Crippen LogP contribution in [0.3, 0.4) is 0 Å². The molecule has 2 atom stereocenters. The Hall–Kier alpha value is -0.610. The molecule has 1 heterocycles. The van der Waals surface area contributed by atoms with E-state index < -0.39 is 0 Å². The molecule has 1 aliphatic rings. The molecule has 1 aliphatic heterocycles. The van der Waals surface area contributed by atoms with Crippen molar-refractivity contribution < 1.29 is 4.79 Å². The Bertz CT molecular complexity index is 196. The van der Waals surface area contributed by atoms with Crippen LogP contribution >= 0.6 is 0 Å². The molecule has 1 amide bonds. The maximum absolute atomic E-state index is 11.2. The van der Waals surface area contributed by atoms with Crippen molar-refractivity contribution in [3.63, 3.8) is 0 Å². The summed E-state index contributed by atoms with van der Waals surface area (Å²) in [6, 6.07) is 0.919. The maximum atomic E-state index is 11.2. The quantitative estimate of drug-likeness (QED) is 0.662. The number of rotatable bonds is 3. The average molecular weight is 199 g/mol. The van der Waals surface area contributed by atoms with E-state index in [1.165, 1.54) is 0 Å². The average Bonchev–Trinajstić information content (AvgIpc) is 2.33. The van der Waals surface area contributed by atoms with Gasteiger partial charge in [0.1, 0.15) is 0 Å². The number of carbonyl (C=O) groups excluding carboxylic acids is 1.